The number of carbonyl (C=O) groups excluding carboxylic acids is 1. The van der Waals surface area contributed by atoms with Crippen molar-refractivity contribution in [2.24, 2.45) is 11.8 Å². The van der Waals surface area contributed by atoms with Gasteiger partial charge in [0, 0.05) is 13.2 Å². The number of H-pyrrole nitrogens is 1. The SMILES string of the molecule is Cc1ccc2nc([C@@H]3CCCN3C(=O)[C@@H]3CCO[C@@H]3C(C)C)[nH]c2c1. The molecule has 25 heavy (non-hydrogen) atoms. The summed E-state index contributed by atoms with van der Waals surface area (Å²) in [4.78, 5) is 23.5. The summed E-state index contributed by atoms with van der Waals surface area (Å²) in [6, 6.07) is 6.31. The number of hydrogen-bond acceptors (Lipinski definition) is 3. The van der Waals surface area contributed by atoms with E-state index in [9.17, 15) is 4.79 Å². The Morgan fingerprint density at radius 1 is 1.36 bits per heavy atom. The van der Waals surface area contributed by atoms with Gasteiger partial charge in [-0.2, -0.15) is 0 Å². The van der Waals surface area contributed by atoms with Gasteiger partial charge in [-0.1, -0.05) is 19.9 Å². The van der Waals surface area contributed by atoms with Crippen LogP contribution in [0.5, 0.6) is 0 Å². The summed E-state index contributed by atoms with van der Waals surface area (Å²) < 4.78 is 5.84. The maximum Gasteiger partial charge on any atom is 0.229 e. The molecule has 134 valence electrons. The monoisotopic (exact) mass is 341 g/mol. The first-order valence-corrected chi connectivity index (χ1v) is 9.43. The van der Waals surface area contributed by atoms with Gasteiger partial charge in [0.05, 0.1) is 29.1 Å². The highest BCUT2D eigenvalue weighted by Gasteiger charge is 2.42. The third-order valence-electron chi connectivity index (χ3n) is 5.62. The molecule has 2 aliphatic rings. The minimum Gasteiger partial charge on any atom is -0.377 e. The number of carbonyl (C=O) groups is 1. The summed E-state index contributed by atoms with van der Waals surface area (Å²) in [5.74, 6) is 1.53. The second-order valence-electron chi connectivity index (χ2n) is 7.81. The highest BCUT2D eigenvalue weighted by atomic mass is 16.5. The molecule has 1 aromatic heterocycles. The molecule has 0 radical (unpaired) electrons. The van der Waals surface area contributed by atoms with Crippen LogP contribution in [0.15, 0.2) is 18.2 Å². The number of aryl methyl sites for hydroxylation is 1. The van der Waals surface area contributed by atoms with Gasteiger partial charge in [-0.15, -0.1) is 0 Å². The number of likely N-dealkylation sites (tertiary alicyclic amines) is 1. The van der Waals surface area contributed by atoms with Crippen LogP contribution in [0.1, 0.15) is 50.5 Å². The van der Waals surface area contributed by atoms with Crippen LogP contribution in [0, 0.1) is 18.8 Å². The zero-order valence-corrected chi connectivity index (χ0v) is 15.3. The van der Waals surface area contributed by atoms with E-state index in [2.05, 4.69) is 37.9 Å². The van der Waals surface area contributed by atoms with Crippen molar-refractivity contribution < 1.29 is 9.53 Å². The first kappa shape index (κ1) is 16.6. The fourth-order valence-electron chi connectivity index (χ4n) is 4.36. The Morgan fingerprint density at radius 3 is 3.00 bits per heavy atom. The maximum atomic E-state index is 13.2. The maximum absolute atomic E-state index is 13.2. The van der Waals surface area contributed by atoms with Gasteiger partial charge in [-0.25, -0.2) is 4.98 Å². The molecule has 0 unspecified atom stereocenters. The van der Waals surface area contributed by atoms with Crippen LogP contribution in [0.4, 0.5) is 0 Å². The van der Waals surface area contributed by atoms with E-state index in [4.69, 9.17) is 9.72 Å². The van der Waals surface area contributed by atoms with E-state index in [0.29, 0.717) is 12.5 Å². The second-order valence-corrected chi connectivity index (χ2v) is 7.81. The van der Waals surface area contributed by atoms with Gasteiger partial charge in [-0.05, 0) is 49.8 Å². The second kappa shape index (κ2) is 6.45. The van der Waals surface area contributed by atoms with Crippen molar-refractivity contribution in [2.45, 2.75) is 52.2 Å². The van der Waals surface area contributed by atoms with Crippen LogP contribution in [0.25, 0.3) is 11.0 Å². The fourth-order valence-corrected chi connectivity index (χ4v) is 4.36. The van der Waals surface area contributed by atoms with Crippen molar-refractivity contribution in [1.82, 2.24) is 14.9 Å². The molecule has 3 atom stereocenters. The van der Waals surface area contributed by atoms with Crippen LogP contribution in [-0.2, 0) is 9.53 Å². The topological polar surface area (TPSA) is 58.2 Å². The first-order chi connectivity index (χ1) is 12.0. The van der Waals surface area contributed by atoms with Gasteiger partial charge in [0.15, 0.2) is 0 Å². The molecule has 2 saturated heterocycles. The van der Waals surface area contributed by atoms with Crippen molar-refractivity contribution in [2.75, 3.05) is 13.2 Å². The van der Waals surface area contributed by atoms with E-state index in [1.165, 1.54) is 5.56 Å². The van der Waals surface area contributed by atoms with Crippen molar-refractivity contribution in [3.63, 3.8) is 0 Å². The lowest BCUT2D eigenvalue weighted by molar-refractivity contribution is -0.139. The van der Waals surface area contributed by atoms with Gasteiger partial charge in [-0.3, -0.25) is 4.79 Å². The summed E-state index contributed by atoms with van der Waals surface area (Å²) in [6.07, 6.45) is 2.90. The Kier molecular flexibility index (Phi) is 4.28. The van der Waals surface area contributed by atoms with E-state index in [1.807, 2.05) is 11.0 Å². The zero-order chi connectivity index (χ0) is 17.6. The molecule has 1 aromatic carbocycles. The van der Waals surface area contributed by atoms with Crippen LogP contribution in [0.2, 0.25) is 0 Å². The number of benzene rings is 1. The van der Waals surface area contributed by atoms with Gasteiger partial charge in [0.1, 0.15) is 5.82 Å². The largest absolute Gasteiger partial charge is 0.377 e. The van der Waals surface area contributed by atoms with Gasteiger partial charge in [0.2, 0.25) is 5.91 Å². The number of rotatable bonds is 3. The van der Waals surface area contributed by atoms with Crippen molar-refractivity contribution in [1.29, 1.82) is 0 Å². The number of aromatic nitrogens is 2. The van der Waals surface area contributed by atoms with E-state index >= 15 is 0 Å². The molecule has 0 bridgehead atoms. The molecule has 5 nitrogen and oxygen atoms in total. The third-order valence-corrected chi connectivity index (χ3v) is 5.62. The number of nitrogens with one attached hydrogen (secondary N) is 1. The predicted molar refractivity (Wildman–Crippen MR) is 97.2 cm³/mol. The Balaban J connectivity index is 1.60. The van der Waals surface area contributed by atoms with Crippen LogP contribution in [0.3, 0.4) is 0 Å². The number of imidazole rings is 1. The molecule has 3 heterocycles. The molecule has 2 fully saturated rings. The molecule has 0 saturated carbocycles. The Labute approximate surface area is 148 Å². The van der Waals surface area contributed by atoms with Crippen molar-refractivity contribution in [3.8, 4) is 0 Å². The van der Waals surface area contributed by atoms with Gasteiger partial charge < -0.3 is 14.6 Å². The fraction of sp³-hybridized carbons (Fsp3) is 0.600. The average molecular weight is 341 g/mol. The minimum absolute atomic E-state index is 0.00720. The molecule has 0 spiro atoms. The number of fused-ring (bicyclic) bond motifs is 1. The number of hydrogen-bond donors (Lipinski definition) is 1. The molecule has 5 heteroatoms. The first-order valence-electron chi connectivity index (χ1n) is 9.43. The number of ether oxygens (including phenoxy) is 1. The molecule has 2 aliphatic heterocycles. The molecular formula is C20H27N3O2. The van der Waals surface area contributed by atoms with Crippen molar-refractivity contribution >= 4 is 16.9 Å². The lowest BCUT2D eigenvalue weighted by Crippen LogP contribution is -2.40. The van der Waals surface area contributed by atoms with E-state index < -0.39 is 0 Å². The summed E-state index contributed by atoms with van der Waals surface area (Å²) in [5, 5.41) is 0. The number of amides is 1. The summed E-state index contributed by atoms with van der Waals surface area (Å²) >= 11 is 0. The van der Waals surface area contributed by atoms with Gasteiger partial charge in [0.25, 0.3) is 0 Å². The summed E-state index contributed by atoms with van der Waals surface area (Å²) in [7, 11) is 0. The smallest absolute Gasteiger partial charge is 0.229 e. The van der Waals surface area contributed by atoms with E-state index in [0.717, 1.165) is 42.7 Å². The molecule has 4 rings (SSSR count). The normalized spacial score (nSPS) is 26.9. The lowest BCUT2D eigenvalue weighted by Gasteiger charge is -2.29. The van der Waals surface area contributed by atoms with Crippen LogP contribution in [-0.4, -0.2) is 40.0 Å². The average Bonchev–Trinajstić information content (AvgIpc) is 3.31. The number of aromatic amines is 1. The highest BCUT2D eigenvalue weighted by molar-refractivity contribution is 5.81. The molecule has 1 amide bonds. The standard InChI is InChI=1S/C20H27N3O2/c1-12(2)18-14(8-10-25-18)20(24)23-9-4-5-17(23)19-21-15-7-6-13(3)11-16(15)22-19/h6-7,11-12,14,17-18H,4-5,8-10H2,1-3H3,(H,21,22)/t14-,17+,18-/m1/s1. The van der Waals surface area contributed by atoms with Gasteiger partial charge >= 0.3 is 0 Å². The molecule has 1 N–H and O–H groups in total. The molecular weight excluding hydrogens is 314 g/mol. The van der Waals surface area contributed by atoms with E-state index in [1.54, 1.807) is 0 Å². The third kappa shape index (κ3) is 2.95. The highest BCUT2D eigenvalue weighted by Crippen LogP contribution is 2.36. The van der Waals surface area contributed by atoms with Crippen molar-refractivity contribution in [3.05, 3.63) is 29.6 Å². The Hall–Kier alpha value is -1.88. The quantitative estimate of drug-likeness (QED) is 0.928. The minimum atomic E-state index is -0.00720. The Bertz CT molecular complexity index is 782. The van der Waals surface area contributed by atoms with E-state index in [-0.39, 0.29) is 24.0 Å². The predicted octanol–water partition coefficient (Wildman–Crippen LogP) is 3.60. The Morgan fingerprint density at radius 2 is 2.20 bits per heavy atom. The summed E-state index contributed by atoms with van der Waals surface area (Å²) in [5.41, 5.74) is 3.24. The van der Waals surface area contributed by atoms with Crippen LogP contribution >= 0.6 is 0 Å². The molecule has 2 aromatic rings. The number of nitrogens with zero attached hydrogens (tertiary/aromatic N) is 2. The lowest BCUT2D eigenvalue weighted by atomic mass is 9.91. The van der Waals surface area contributed by atoms with Crippen LogP contribution < -0.4 is 0 Å². The molecule has 0 aliphatic carbocycles. The summed E-state index contributed by atoms with van der Waals surface area (Å²) in [6.45, 7) is 7.87. The zero-order valence-electron chi connectivity index (χ0n) is 15.3.